The van der Waals surface area contributed by atoms with Gasteiger partial charge in [-0.05, 0) is 36.8 Å². The Labute approximate surface area is 157 Å². The number of fused-ring (bicyclic) bond motifs is 3. The normalized spacial score (nSPS) is 18.9. The predicted octanol–water partition coefficient (Wildman–Crippen LogP) is 0.903. The highest BCUT2D eigenvalue weighted by Crippen LogP contribution is 2.35. The van der Waals surface area contributed by atoms with Crippen LogP contribution in [-0.4, -0.2) is 30.7 Å². The second-order valence-electron chi connectivity index (χ2n) is 6.71. The number of carbonyl (C=O) groups excluding carboxylic acids is 1. The van der Waals surface area contributed by atoms with Crippen LogP contribution in [0.4, 0.5) is 0 Å². The molecule has 140 valence electrons. The number of carboxylic acids is 1. The van der Waals surface area contributed by atoms with E-state index < -0.39 is 12.0 Å². The summed E-state index contributed by atoms with van der Waals surface area (Å²) >= 11 is 0. The minimum Gasteiger partial charge on any atom is -0.544 e. The average Bonchev–Trinajstić information content (AvgIpc) is 3.06. The first-order chi connectivity index (χ1) is 13.1. The summed E-state index contributed by atoms with van der Waals surface area (Å²) in [6.07, 6.45) is 0.437. The summed E-state index contributed by atoms with van der Waals surface area (Å²) in [6, 6.07) is 12.9. The van der Waals surface area contributed by atoms with Crippen LogP contribution in [0.5, 0.6) is 11.5 Å². The molecular weight excluding hydrogens is 344 g/mol. The van der Waals surface area contributed by atoms with Gasteiger partial charge in [-0.25, -0.2) is 0 Å². The Morgan fingerprint density at radius 3 is 2.81 bits per heavy atom. The highest BCUT2D eigenvalue weighted by atomic mass is 16.5. The number of carbonyl (C=O) groups is 1. The summed E-state index contributed by atoms with van der Waals surface area (Å²) in [5.41, 5.74) is 4.03. The lowest BCUT2D eigenvalue weighted by molar-refractivity contribution is -0.717. The molecule has 3 N–H and O–H groups in total. The Hall–Kier alpha value is -2.99. The number of hydrogen-bond acceptors (Lipinski definition) is 4. The van der Waals surface area contributed by atoms with Crippen LogP contribution >= 0.6 is 0 Å². The summed E-state index contributed by atoms with van der Waals surface area (Å²) in [6.45, 7) is 2.47. The number of quaternary nitrogens is 1. The van der Waals surface area contributed by atoms with Crippen LogP contribution in [0.15, 0.2) is 42.5 Å². The van der Waals surface area contributed by atoms with E-state index in [2.05, 4.69) is 4.98 Å². The number of aromatic nitrogens is 1. The van der Waals surface area contributed by atoms with Crippen LogP contribution in [0.1, 0.15) is 29.8 Å². The van der Waals surface area contributed by atoms with Crippen LogP contribution in [0.3, 0.4) is 0 Å². The second-order valence-corrected chi connectivity index (χ2v) is 6.71. The summed E-state index contributed by atoms with van der Waals surface area (Å²) in [4.78, 5) is 15.1. The number of hydrogen-bond donors (Lipinski definition) is 2. The first-order valence-corrected chi connectivity index (χ1v) is 9.08. The Balaban J connectivity index is 1.84. The van der Waals surface area contributed by atoms with Crippen molar-refractivity contribution in [2.75, 3.05) is 13.7 Å². The van der Waals surface area contributed by atoms with Gasteiger partial charge >= 0.3 is 0 Å². The third-order valence-electron chi connectivity index (χ3n) is 5.16. The molecule has 0 radical (unpaired) electrons. The minimum absolute atomic E-state index is 0.186. The molecule has 0 saturated heterocycles. The van der Waals surface area contributed by atoms with Crippen LogP contribution in [-0.2, 0) is 11.2 Å². The number of rotatable bonds is 5. The lowest BCUT2D eigenvalue weighted by Gasteiger charge is -2.29. The van der Waals surface area contributed by atoms with E-state index in [-0.39, 0.29) is 6.04 Å². The molecule has 0 aliphatic carbocycles. The molecule has 2 aromatic carbocycles. The Morgan fingerprint density at radius 1 is 1.26 bits per heavy atom. The van der Waals surface area contributed by atoms with E-state index in [0.29, 0.717) is 24.5 Å². The van der Waals surface area contributed by atoms with Gasteiger partial charge < -0.3 is 29.7 Å². The van der Waals surface area contributed by atoms with Gasteiger partial charge in [-0.3, -0.25) is 0 Å². The molecule has 1 aliphatic heterocycles. The number of para-hydroxylation sites is 1. The van der Waals surface area contributed by atoms with E-state index in [1.807, 2.05) is 54.7 Å². The molecule has 27 heavy (non-hydrogen) atoms. The fourth-order valence-corrected chi connectivity index (χ4v) is 3.91. The van der Waals surface area contributed by atoms with Crippen molar-refractivity contribution in [3.05, 3.63) is 59.3 Å². The molecule has 2 heterocycles. The largest absolute Gasteiger partial charge is 0.544 e. The van der Waals surface area contributed by atoms with Gasteiger partial charge in [0, 0.05) is 22.9 Å². The van der Waals surface area contributed by atoms with Crippen molar-refractivity contribution in [1.29, 1.82) is 0 Å². The molecule has 0 saturated carbocycles. The van der Waals surface area contributed by atoms with E-state index in [1.165, 1.54) is 0 Å². The average molecular weight is 366 g/mol. The zero-order valence-electron chi connectivity index (χ0n) is 15.3. The fourth-order valence-electron chi connectivity index (χ4n) is 3.91. The van der Waals surface area contributed by atoms with Crippen LogP contribution < -0.4 is 19.9 Å². The molecule has 0 spiro atoms. The molecular formula is C21H22N2O4. The highest BCUT2D eigenvalue weighted by Gasteiger charge is 2.35. The van der Waals surface area contributed by atoms with Gasteiger partial charge in [0.15, 0.2) is 17.5 Å². The van der Waals surface area contributed by atoms with E-state index in [0.717, 1.165) is 27.7 Å². The second kappa shape index (κ2) is 6.96. The van der Waals surface area contributed by atoms with Crippen LogP contribution in [0.25, 0.3) is 10.9 Å². The molecule has 6 nitrogen and oxygen atoms in total. The molecule has 0 amide bonds. The number of nitrogens with one attached hydrogen (secondary N) is 1. The third-order valence-corrected chi connectivity index (χ3v) is 5.16. The number of ether oxygens (including phenoxy) is 2. The zero-order valence-corrected chi connectivity index (χ0v) is 15.3. The molecule has 0 fully saturated rings. The van der Waals surface area contributed by atoms with Crippen molar-refractivity contribution >= 4 is 16.9 Å². The number of aliphatic carboxylic acids is 1. The molecule has 4 rings (SSSR count). The third kappa shape index (κ3) is 3.02. The van der Waals surface area contributed by atoms with E-state index in [4.69, 9.17) is 9.47 Å². The molecule has 0 unspecified atom stereocenters. The maximum atomic E-state index is 11.7. The van der Waals surface area contributed by atoms with Crippen molar-refractivity contribution in [2.24, 2.45) is 0 Å². The van der Waals surface area contributed by atoms with Gasteiger partial charge in [0.1, 0.15) is 6.04 Å². The van der Waals surface area contributed by atoms with E-state index >= 15 is 0 Å². The Morgan fingerprint density at radius 2 is 2.07 bits per heavy atom. The van der Waals surface area contributed by atoms with Crippen molar-refractivity contribution in [1.82, 2.24) is 4.98 Å². The van der Waals surface area contributed by atoms with Crippen LogP contribution in [0, 0.1) is 0 Å². The van der Waals surface area contributed by atoms with Crippen molar-refractivity contribution in [3.63, 3.8) is 0 Å². The lowest BCUT2D eigenvalue weighted by Crippen LogP contribution is -2.95. The number of methoxy groups -OCH3 is 1. The quantitative estimate of drug-likeness (QED) is 0.702. The monoisotopic (exact) mass is 366 g/mol. The van der Waals surface area contributed by atoms with Gasteiger partial charge in [0.05, 0.1) is 25.4 Å². The SMILES string of the molecule is CCOc1ccc([C@H]2[NH2+][C@H](C(=O)[O-])Cc3c2[nH]c2ccccc32)cc1OC. The Kier molecular flexibility index (Phi) is 4.49. The van der Waals surface area contributed by atoms with Gasteiger partial charge in [-0.1, -0.05) is 18.2 Å². The number of nitrogens with two attached hydrogens (primary N) is 1. The first kappa shape index (κ1) is 17.4. The van der Waals surface area contributed by atoms with Gasteiger partial charge in [-0.15, -0.1) is 0 Å². The standard InChI is InChI=1S/C21H22N2O4/c1-3-27-17-9-8-12(10-18(17)26-2)19-20-14(11-16(23-19)21(24)25)13-6-4-5-7-15(13)22-20/h4-10,16,19,22-23H,3,11H2,1-2H3,(H,24,25)/t16-,19+/m0/s1. The Bertz CT molecular complexity index is 995. The van der Waals surface area contributed by atoms with E-state index in [1.54, 1.807) is 7.11 Å². The van der Waals surface area contributed by atoms with Gasteiger partial charge in [0.25, 0.3) is 0 Å². The first-order valence-electron chi connectivity index (χ1n) is 9.08. The summed E-state index contributed by atoms with van der Waals surface area (Å²) in [5.74, 6) is 0.262. The van der Waals surface area contributed by atoms with Crippen molar-refractivity contribution in [3.8, 4) is 11.5 Å². The molecule has 6 heteroatoms. The predicted molar refractivity (Wildman–Crippen MR) is 98.7 cm³/mol. The van der Waals surface area contributed by atoms with Crippen molar-refractivity contribution < 1.29 is 24.7 Å². The number of aromatic amines is 1. The highest BCUT2D eigenvalue weighted by molar-refractivity contribution is 5.86. The smallest absolute Gasteiger partial charge is 0.161 e. The molecule has 2 atom stereocenters. The fraction of sp³-hybridized carbons (Fsp3) is 0.286. The summed E-state index contributed by atoms with van der Waals surface area (Å²) < 4.78 is 11.1. The zero-order chi connectivity index (χ0) is 19.0. The molecule has 3 aromatic rings. The van der Waals surface area contributed by atoms with Crippen molar-refractivity contribution in [2.45, 2.75) is 25.4 Å². The number of H-pyrrole nitrogens is 1. The molecule has 0 bridgehead atoms. The van der Waals surface area contributed by atoms with Gasteiger partial charge in [0.2, 0.25) is 0 Å². The molecule has 1 aromatic heterocycles. The number of benzene rings is 2. The minimum atomic E-state index is -1.05. The number of carboxylic acid groups (broad SMARTS) is 1. The maximum Gasteiger partial charge on any atom is 0.161 e. The lowest BCUT2D eigenvalue weighted by atomic mass is 9.90. The summed E-state index contributed by atoms with van der Waals surface area (Å²) in [7, 11) is 1.60. The van der Waals surface area contributed by atoms with Crippen LogP contribution in [0.2, 0.25) is 0 Å². The van der Waals surface area contributed by atoms with E-state index in [9.17, 15) is 9.90 Å². The molecule has 1 aliphatic rings. The maximum absolute atomic E-state index is 11.7. The van der Waals surface area contributed by atoms with Gasteiger partial charge in [-0.2, -0.15) is 0 Å². The topological polar surface area (TPSA) is 91.0 Å². The summed E-state index contributed by atoms with van der Waals surface area (Å²) in [5, 5.41) is 14.6.